The Balaban J connectivity index is 1.69. The number of fused-ring (bicyclic) bond motifs is 1. The fourth-order valence-electron chi connectivity index (χ4n) is 3.08. The van der Waals surface area contributed by atoms with Crippen molar-refractivity contribution in [2.24, 2.45) is 0 Å². The second-order valence-corrected chi connectivity index (χ2v) is 6.17. The number of phenolic OH excluding ortho intramolecular Hbond substituents is 1. The van der Waals surface area contributed by atoms with Crippen molar-refractivity contribution < 1.29 is 14.6 Å². The van der Waals surface area contributed by atoms with Gasteiger partial charge in [0.25, 0.3) is 0 Å². The minimum absolute atomic E-state index is 0.0929. The van der Waals surface area contributed by atoms with E-state index in [0.29, 0.717) is 22.8 Å². The summed E-state index contributed by atoms with van der Waals surface area (Å²) in [6, 6.07) is 15.5. The molecular formula is C19H17N5O3. The Morgan fingerprint density at radius 2 is 2.04 bits per heavy atom. The maximum atomic E-state index is 12.9. The molecule has 0 spiro atoms. The van der Waals surface area contributed by atoms with E-state index in [1.54, 1.807) is 31.2 Å². The van der Waals surface area contributed by atoms with E-state index in [1.807, 2.05) is 30.3 Å². The van der Waals surface area contributed by atoms with Gasteiger partial charge in [0, 0.05) is 5.70 Å². The van der Waals surface area contributed by atoms with Crippen LogP contribution in [0.4, 0.5) is 5.95 Å². The Bertz CT molecular complexity index is 1010. The Hall–Kier alpha value is -3.68. The van der Waals surface area contributed by atoms with E-state index in [1.165, 1.54) is 4.68 Å². The van der Waals surface area contributed by atoms with Gasteiger partial charge in [-0.1, -0.05) is 47.6 Å². The number of nitrogens with zero attached hydrogens (tertiary/aromatic N) is 4. The number of tetrazole rings is 1. The van der Waals surface area contributed by atoms with Crippen molar-refractivity contribution in [3.63, 3.8) is 0 Å². The second-order valence-electron chi connectivity index (χ2n) is 6.17. The van der Waals surface area contributed by atoms with Gasteiger partial charge in [-0.2, -0.15) is 4.68 Å². The van der Waals surface area contributed by atoms with Crippen LogP contribution in [0.5, 0.6) is 5.75 Å². The summed E-state index contributed by atoms with van der Waals surface area (Å²) < 4.78 is 7.03. The summed E-state index contributed by atoms with van der Waals surface area (Å²) in [5, 5.41) is 24.5. The topological polar surface area (TPSA) is 102 Å². The monoisotopic (exact) mass is 363 g/mol. The van der Waals surface area contributed by atoms with Crippen LogP contribution in [0, 0.1) is 0 Å². The number of carbonyl (C=O) groups is 1. The molecule has 8 nitrogen and oxygen atoms in total. The van der Waals surface area contributed by atoms with Gasteiger partial charge in [-0.15, -0.1) is 0 Å². The summed E-state index contributed by atoms with van der Waals surface area (Å²) >= 11 is 0. The standard InChI is InChI=1S/C19H17N5O3/c1-12-16(18(26)27-11-13-6-3-2-4-7-13)17(14-8-5-9-15(25)10-14)24-19(20-12)21-22-23-24/h2-10,17,25H,11H2,1H3,(H,20,21,23). The average molecular weight is 363 g/mol. The number of aromatic hydroxyl groups is 1. The van der Waals surface area contributed by atoms with Gasteiger partial charge in [-0.05, 0) is 40.6 Å². The van der Waals surface area contributed by atoms with Gasteiger partial charge >= 0.3 is 5.97 Å². The van der Waals surface area contributed by atoms with Crippen molar-refractivity contribution in [3.8, 4) is 5.75 Å². The summed E-state index contributed by atoms with van der Waals surface area (Å²) in [7, 11) is 0. The number of ether oxygens (including phenoxy) is 1. The van der Waals surface area contributed by atoms with Gasteiger partial charge in [0.2, 0.25) is 5.95 Å². The van der Waals surface area contributed by atoms with E-state index in [4.69, 9.17) is 4.74 Å². The van der Waals surface area contributed by atoms with E-state index in [0.717, 1.165) is 5.56 Å². The maximum Gasteiger partial charge on any atom is 0.338 e. The zero-order chi connectivity index (χ0) is 18.8. The molecule has 2 heterocycles. The van der Waals surface area contributed by atoms with Gasteiger partial charge < -0.3 is 15.2 Å². The minimum Gasteiger partial charge on any atom is -0.508 e. The molecule has 0 saturated carbocycles. The number of rotatable bonds is 4. The number of carbonyl (C=O) groups excluding carboxylic acids is 1. The number of allylic oxidation sites excluding steroid dienone is 1. The van der Waals surface area contributed by atoms with Gasteiger partial charge in [-0.25, -0.2) is 4.79 Å². The van der Waals surface area contributed by atoms with Crippen LogP contribution in [0.25, 0.3) is 0 Å². The molecule has 0 saturated heterocycles. The van der Waals surface area contributed by atoms with Crippen LogP contribution in [0.15, 0.2) is 65.9 Å². The lowest BCUT2D eigenvalue weighted by Gasteiger charge is -2.27. The highest BCUT2D eigenvalue weighted by atomic mass is 16.5. The van der Waals surface area contributed by atoms with Crippen LogP contribution in [-0.4, -0.2) is 31.3 Å². The van der Waals surface area contributed by atoms with E-state index < -0.39 is 12.0 Å². The molecule has 1 atom stereocenters. The largest absolute Gasteiger partial charge is 0.508 e. The Morgan fingerprint density at radius 3 is 2.81 bits per heavy atom. The summed E-state index contributed by atoms with van der Waals surface area (Å²) in [5.41, 5.74) is 2.56. The Morgan fingerprint density at radius 1 is 1.22 bits per heavy atom. The van der Waals surface area contributed by atoms with Crippen molar-refractivity contribution in [1.29, 1.82) is 0 Å². The predicted octanol–water partition coefficient (Wildman–Crippen LogP) is 2.41. The zero-order valence-corrected chi connectivity index (χ0v) is 14.5. The molecule has 0 aliphatic carbocycles. The molecule has 27 heavy (non-hydrogen) atoms. The molecule has 1 unspecified atom stereocenters. The third-order valence-electron chi connectivity index (χ3n) is 4.33. The van der Waals surface area contributed by atoms with Gasteiger partial charge in [0.1, 0.15) is 18.4 Å². The fourth-order valence-corrected chi connectivity index (χ4v) is 3.08. The molecule has 2 aromatic carbocycles. The molecule has 0 amide bonds. The van der Waals surface area contributed by atoms with Crippen molar-refractivity contribution >= 4 is 11.9 Å². The quantitative estimate of drug-likeness (QED) is 0.686. The first-order valence-corrected chi connectivity index (χ1v) is 8.39. The second kappa shape index (κ2) is 6.91. The first-order valence-electron chi connectivity index (χ1n) is 8.39. The molecule has 0 bridgehead atoms. The predicted molar refractivity (Wildman–Crippen MR) is 96.6 cm³/mol. The first kappa shape index (κ1) is 16.8. The number of phenols is 1. The Labute approximate surface area is 155 Å². The van der Waals surface area contributed by atoms with Gasteiger partial charge in [0.15, 0.2) is 0 Å². The highest BCUT2D eigenvalue weighted by molar-refractivity contribution is 5.92. The number of anilines is 1. The van der Waals surface area contributed by atoms with Crippen molar-refractivity contribution in [1.82, 2.24) is 20.2 Å². The highest BCUT2D eigenvalue weighted by Gasteiger charge is 2.35. The van der Waals surface area contributed by atoms with Crippen LogP contribution >= 0.6 is 0 Å². The van der Waals surface area contributed by atoms with Crippen molar-refractivity contribution in [3.05, 3.63) is 77.0 Å². The van der Waals surface area contributed by atoms with Crippen LogP contribution in [-0.2, 0) is 16.1 Å². The molecule has 1 aliphatic heterocycles. The van der Waals surface area contributed by atoms with Crippen LogP contribution < -0.4 is 5.32 Å². The van der Waals surface area contributed by atoms with E-state index in [9.17, 15) is 9.90 Å². The highest BCUT2D eigenvalue weighted by Crippen LogP contribution is 2.35. The van der Waals surface area contributed by atoms with Crippen molar-refractivity contribution in [2.45, 2.75) is 19.6 Å². The van der Waals surface area contributed by atoms with E-state index in [-0.39, 0.29) is 12.4 Å². The van der Waals surface area contributed by atoms with Crippen LogP contribution in [0.2, 0.25) is 0 Å². The van der Waals surface area contributed by atoms with E-state index >= 15 is 0 Å². The molecular weight excluding hydrogens is 346 g/mol. The number of esters is 1. The fraction of sp³-hybridized carbons (Fsp3) is 0.158. The summed E-state index contributed by atoms with van der Waals surface area (Å²) in [4.78, 5) is 12.9. The molecule has 1 aromatic heterocycles. The zero-order valence-electron chi connectivity index (χ0n) is 14.5. The summed E-state index contributed by atoms with van der Waals surface area (Å²) in [6.45, 7) is 1.93. The Kier molecular flexibility index (Phi) is 4.29. The summed E-state index contributed by atoms with van der Waals surface area (Å²) in [6.07, 6.45) is 0. The smallest absolute Gasteiger partial charge is 0.338 e. The molecule has 0 radical (unpaired) electrons. The SMILES string of the molecule is CC1=C(C(=O)OCc2ccccc2)C(c2cccc(O)c2)n2nnnc2N1. The van der Waals surface area contributed by atoms with Crippen LogP contribution in [0.3, 0.4) is 0 Å². The number of nitrogens with one attached hydrogen (secondary N) is 1. The first-order chi connectivity index (χ1) is 13.1. The van der Waals surface area contributed by atoms with Crippen molar-refractivity contribution in [2.75, 3.05) is 5.32 Å². The molecule has 1 aliphatic rings. The van der Waals surface area contributed by atoms with E-state index in [2.05, 4.69) is 20.8 Å². The third kappa shape index (κ3) is 3.24. The number of hydrogen-bond acceptors (Lipinski definition) is 7. The van der Waals surface area contributed by atoms with Crippen LogP contribution in [0.1, 0.15) is 24.1 Å². The average Bonchev–Trinajstić information content (AvgIpc) is 3.13. The molecule has 0 fully saturated rings. The molecule has 2 N–H and O–H groups in total. The van der Waals surface area contributed by atoms with Gasteiger partial charge in [0.05, 0.1) is 5.57 Å². The van der Waals surface area contributed by atoms with Gasteiger partial charge in [-0.3, -0.25) is 0 Å². The number of benzene rings is 2. The summed E-state index contributed by atoms with van der Waals surface area (Å²) in [5.74, 6) is 0.0362. The minimum atomic E-state index is -0.605. The molecule has 4 rings (SSSR count). The third-order valence-corrected chi connectivity index (χ3v) is 4.33. The lowest BCUT2D eigenvalue weighted by Crippen LogP contribution is -2.29. The maximum absolute atomic E-state index is 12.9. The molecule has 136 valence electrons. The normalized spacial score (nSPS) is 15.8. The lowest BCUT2D eigenvalue weighted by atomic mass is 9.95. The number of aromatic nitrogens is 4. The molecule has 3 aromatic rings. The molecule has 8 heteroatoms. The number of hydrogen-bond donors (Lipinski definition) is 2. The lowest BCUT2D eigenvalue weighted by molar-refractivity contribution is -0.140.